The fourth-order valence-corrected chi connectivity index (χ4v) is 5.13. The van der Waals surface area contributed by atoms with Crippen LogP contribution in [0.3, 0.4) is 0 Å². The van der Waals surface area contributed by atoms with E-state index in [1.807, 2.05) is 12.1 Å². The smallest absolute Gasteiger partial charge is 0.345 e. The maximum absolute atomic E-state index is 12.4. The van der Waals surface area contributed by atoms with Crippen molar-refractivity contribution >= 4 is 16.9 Å². The van der Waals surface area contributed by atoms with Gasteiger partial charge in [0.2, 0.25) is 0 Å². The number of carboxylic acids is 1. The Balaban J connectivity index is 1.63. The second-order valence-electron chi connectivity index (χ2n) is 9.18. The van der Waals surface area contributed by atoms with Crippen LogP contribution in [-0.2, 0) is 26.4 Å². The molecule has 1 saturated carbocycles. The molecule has 7 nitrogen and oxygen atoms in total. The Hall–Kier alpha value is -3.06. The number of aromatic carboxylic acids is 1. The molecule has 1 aromatic carbocycles. The predicted molar refractivity (Wildman–Crippen MR) is 119 cm³/mol. The molecule has 0 atom stereocenters. The third-order valence-corrected chi connectivity index (χ3v) is 7.22. The predicted octanol–water partition coefficient (Wildman–Crippen LogP) is 3.46. The first-order valence-electron chi connectivity index (χ1n) is 10.9. The van der Waals surface area contributed by atoms with Gasteiger partial charge in [-0.2, -0.15) is 0 Å². The molecule has 0 aliphatic heterocycles. The van der Waals surface area contributed by atoms with Gasteiger partial charge in [0.15, 0.2) is 5.56 Å². The molecule has 2 heterocycles. The number of aromatic hydroxyl groups is 1. The quantitative estimate of drug-likeness (QED) is 0.516. The highest BCUT2D eigenvalue weighted by Gasteiger charge is 2.31. The van der Waals surface area contributed by atoms with E-state index in [2.05, 4.69) is 34.9 Å². The monoisotopic (exact) mass is 421 g/mol. The summed E-state index contributed by atoms with van der Waals surface area (Å²) in [7, 11) is 2.08. The number of benzene rings is 1. The third-order valence-electron chi connectivity index (χ3n) is 7.22. The van der Waals surface area contributed by atoms with E-state index in [0.717, 1.165) is 41.4 Å². The number of carbonyl (C=O) groups is 1. The van der Waals surface area contributed by atoms with Crippen molar-refractivity contribution in [3.8, 4) is 17.0 Å². The molecular weight excluding hydrogens is 394 g/mol. The normalized spacial score (nSPS) is 17.0. The molecule has 3 aromatic rings. The molecule has 31 heavy (non-hydrogen) atoms. The summed E-state index contributed by atoms with van der Waals surface area (Å²) in [4.78, 5) is 26.6. The fourth-order valence-electron chi connectivity index (χ4n) is 5.13. The number of H-pyrrole nitrogens is 1. The highest BCUT2D eigenvalue weighted by Crippen LogP contribution is 2.39. The number of pyridine rings is 1. The Kier molecular flexibility index (Phi) is 4.48. The minimum atomic E-state index is -1.41. The Bertz CT molecular complexity index is 1280. The van der Waals surface area contributed by atoms with Crippen LogP contribution in [-0.4, -0.2) is 31.3 Å². The lowest BCUT2D eigenvalue weighted by Gasteiger charge is -2.39. The summed E-state index contributed by atoms with van der Waals surface area (Å²) in [6.45, 7) is 3.07. The first-order valence-corrected chi connectivity index (χ1v) is 10.9. The van der Waals surface area contributed by atoms with Crippen LogP contribution in [0.15, 0.2) is 23.0 Å². The lowest BCUT2D eigenvalue weighted by Crippen LogP contribution is -2.47. The zero-order valence-corrected chi connectivity index (χ0v) is 17.8. The minimum Gasteiger partial charge on any atom is -0.506 e. The van der Waals surface area contributed by atoms with Crippen molar-refractivity contribution in [3.63, 3.8) is 0 Å². The molecule has 2 aliphatic rings. The second kappa shape index (κ2) is 6.99. The van der Waals surface area contributed by atoms with E-state index >= 15 is 0 Å². The molecule has 0 unspecified atom stereocenters. The maximum atomic E-state index is 12.4. The molecule has 7 heteroatoms. The summed E-state index contributed by atoms with van der Waals surface area (Å²) in [5.74, 6) is -1.83. The molecule has 162 valence electrons. The number of rotatable bonds is 4. The molecule has 0 amide bonds. The first-order chi connectivity index (χ1) is 14.8. The number of nitrogens with zero attached hydrogens (tertiary/aromatic N) is 1. The van der Waals surface area contributed by atoms with Crippen LogP contribution in [0.25, 0.3) is 22.2 Å². The molecule has 0 bridgehead atoms. The van der Waals surface area contributed by atoms with Gasteiger partial charge >= 0.3 is 5.97 Å². The number of aryl methyl sites for hydroxylation is 2. The number of aromatic amines is 1. The average molecular weight is 421 g/mol. The standard InChI is InChI=1S/C24H27N3O4/c1-24(9-4-10-24)25-12-13-11-17-14-5-3-6-16-20(15(14)7-8-18(17)27(13)2)26-22(29)19(21(16)28)23(30)31/h7-8,11,25H,3-6,9-10,12H2,1-2H3,(H,30,31)(H2,26,28,29). The van der Waals surface area contributed by atoms with Crippen LogP contribution < -0.4 is 10.9 Å². The van der Waals surface area contributed by atoms with Gasteiger partial charge in [-0.25, -0.2) is 4.79 Å². The van der Waals surface area contributed by atoms with Crippen LogP contribution >= 0.6 is 0 Å². The van der Waals surface area contributed by atoms with Crippen LogP contribution in [0.5, 0.6) is 5.75 Å². The minimum absolute atomic E-state index is 0.227. The van der Waals surface area contributed by atoms with Gasteiger partial charge in [-0.1, -0.05) is 6.07 Å². The van der Waals surface area contributed by atoms with Gasteiger partial charge < -0.3 is 25.1 Å². The molecule has 0 spiro atoms. The maximum Gasteiger partial charge on any atom is 0.345 e. The highest BCUT2D eigenvalue weighted by molar-refractivity contribution is 5.94. The van der Waals surface area contributed by atoms with Crippen LogP contribution in [0, 0.1) is 0 Å². The van der Waals surface area contributed by atoms with Gasteiger partial charge in [0.25, 0.3) is 5.56 Å². The summed E-state index contributed by atoms with van der Waals surface area (Å²) in [5, 5.41) is 24.7. The Morgan fingerprint density at radius 3 is 2.65 bits per heavy atom. The van der Waals surface area contributed by atoms with Crippen LogP contribution in [0.2, 0.25) is 0 Å². The summed E-state index contributed by atoms with van der Waals surface area (Å²) in [5.41, 5.74) is 4.24. The number of carboxylic acid groups (broad SMARTS) is 1. The fraction of sp³-hybridized carbons (Fsp3) is 0.417. The summed E-state index contributed by atoms with van der Waals surface area (Å²) < 4.78 is 2.21. The topological polar surface area (TPSA) is 107 Å². The number of fused-ring (bicyclic) bond motifs is 5. The Morgan fingerprint density at radius 2 is 1.97 bits per heavy atom. The number of hydrogen-bond acceptors (Lipinski definition) is 4. The van der Waals surface area contributed by atoms with Gasteiger partial charge in [-0.05, 0) is 63.1 Å². The number of aromatic nitrogens is 2. The molecule has 2 aliphatic carbocycles. The summed E-state index contributed by atoms with van der Waals surface area (Å²) in [6.07, 6.45) is 5.75. The van der Waals surface area contributed by atoms with Crippen molar-refractivity contribution in [2.45, 2.75) is 57.5 Å². The van der Waals surface area contributed by atoms with Gasteiger partial charge in [-0.3, -0.25) is 4.79 Å². The van der Waals surface area contributed by atoms with E-state index in [0.29, 0.717) is 17.7 Å². The molecule has 0 saturated heterocycles. The summed E-state index contributed by atoms with van der Waals surface area (Å²) >= 11 is 0. The van der Waals surface area contributed by atoms with Crippen molar-refractivity contribution in [1.82, 2.24) is 14.9 Å². The average Bonchev–Trinajstić information content (AvgIpc) is 2.89. The van der Waals surface area contributed by atoms with E-state index in [1.54, 1.807) is 0 Å². The van der Waals surface area contributed by atoms with Gasteiger partial charge in [-0.15, -0.1) is 0 Å². The van der Waals surface area contributed by atoms with E-state index < -0.39 is 22.8 Å². The van der Waals surface area contributed by atoms with E-state index in [-0.39, 0.29) is 5.54 Å². The van der Waals surface area contributed by atoms with Crippen LogP contribution in [0.1, 0.15) is 59.8 Å². The van der Waals surface area contributed by atoms with E-state index in [9.17, 15) is 19.8 Å². The van der Waals surface area contributed by atoms with Crippen molar-refractivity contribution < 1.29 is 15.0 Å². The Morgan fingerprint density at radius 1 is 1.23 bits per heavy atom. The SMILES string of the molecule is Cn1c(CNC2(C)CCC2)cc2c3c(ccc21)-c1[nH]c(=O)c(C(=O)O)c(O)c1CCC3. The van der Waals surface area contributed by atoms with Crippen molar-refractivity contribution in [2.75, 3.05) is 0 Å². The zero-order valence-electron chi connectivity index (χ0n) is 17.8. The molecule has 4 N–H and O–H groups in total. The lowest BCUT2D eigenvalue weighted by atomic mass is 9.78. The Labute approximate surface area is 179 Å². The second-order valence-corrected chi connectivity index (χ2v) is 9.18. The molecule has 2 aromatic heterocycles. The van der Waals surface area contributed by atoms with Crippen molar-refractivity contribution in [1.29, 1.82) is 0 Å². The van der Waals surface area contributed by atoms with Crippen molar-refractivity contribution in [3.05, 3.63) is 50.9 Å². The molecule has 5 rings (SSSR count). The third kappa shape index (κ3) is 3.07. The van der Waals surface area contributed by atoms with Crippen LogP contribution in [0.4, 0.5) is 0 Å². The van der Waals surface area contributed by atoms with E-state index in [4.69, 9.17) is 0 Å². The number of hydrogen-bond donors (Lipinski definition) is 4. The van der Waals surface area contributed by atoms with E-state index in [1.165, 1.54) is 25.0 Å². The van der Waals surface area contributed by atoms with Gasteiger partial charge in [0.1, 0.15) is 5.75 Å². The molecule has 1 fully saturated rings. The lowest BCUT2D eigenvalue weighted by molar-refractivity contribution is 0.0691. The molecular formula is C24H27N3O4. The first kappa shape index (κ1) is 19.9. The van der Waals surface area contributed by atoms with Gasteiger partial charge in [0, 0.05) is 46.9 Å². The summed E-state index contributed by atoms with van der Waals surface area (Å²) in [6, 6.07) is 6.23. The van der Waals surface area contributed by atoms with Gasteiger partial charge in [0.05, 0.1) is 5.69 Å². The van der Waals surface area contributed by atoms with Crippen molar-refractivity contribution in [2.24, 2.45) is 7.05 Å². The number of nitrogens with one attached hydrogen (secondary N) is 2. The highest BCUT2D eigenvalue weighted by atomic mass is 16.4. The largest absolute Gasteiger partial charge is 0.506 e. The molecule has 0 radical (unpaired) electrons. The zero-order chi connectivity index (χ0) is 21.9.